The monoisotopic (exact) mass is 182 g/mol. The third kappa shape index (κ3) is 2.16. The Bertz CT molecular complexity index is 353. The standard InChI is InChI=1S/C7H6N2O4/c10-6(11)3-5(7(12)13)9-2-1-8-4-9/h1-4H,(H,10,11)(H,12,13)/b5-3-. The molecule has 1 aromatic heterocycles. The number of hydrogen-bond donors (Lipinski definition) is 2. The molecule has 0 unspecified atom stereocenters. The summed E-state index contributed by atoms with van der Waals surface area (Å²) in [5.41, 5.74) is -0.356. The van der Waals surface area contributed by atoms with E-state index in [0.717, 1.165) is 4.57 Å². The van der Waals surface area contributed by atoms with E-state index >= 15 is 0 Å². The van der Waals surface area contributed by atoms with E-state index in [1.54, 1.807) is 0 Å². The Kier molecular flexibility index (Phi) is 2.44. The molecule has 0 aliphatic rings. The van der Waals surface area contributed by atoms with Gasteiger partial charge in [-0.3, -0.25) is 4.57 Å². The zero-order chi connectivity index (χ0) is 9.84. The van der Waals surface area contributed by atoms with E-state index in [9.17, 15) is 9.59 Å². The number of hydrogen-bond acceptors (Lipinski definition) is 3. The molecule has 0 amide bonds. The largest absolute Gasteiger partial charge is 0.478 e. The number of nitrogens with zero attached hydrogens (tertiary/aromatic N) is 2. The van der Waals surface area contributed by atoms with Crippen molar-refractivity contribution in [1.82, 2.24) is 9.55 Å². The molecular formula is C7H6N2O4. The molecule has 6 heteroatoms. The number of aromatic nitrogens is 2. The highest BCUT2D eigenvalue weighted by atomic mass is 16.4. The first-order valence-electron chi connectivity index (χ1n) is 3.27. The van der Waals surface area contributed by atoms with E-state index in [-0.39, 0.29) is 5.70 Å². The molecular weight excluding hydrogens is 176 g/mol. The first-order valence-corrected chi connectivity index (χ1v) is 3.27. The van der Waals surface area contributed by atoms with Gasteiger partial charge in [-0.25, -0.2) is 14.6 Å². The molecule has 1 rings (SSSR count). The van der Waals surface area contributed by atoms with Crippen molar-refractivity contribution in [1.29, 1.82) is 0 Å². The molecule has 0 aliphatic carbocycles. The van der Waals surface area contributed by atoms with Crippen molar-refractivity contribution in [3.8, 4) is 0 Å². The Morgan fingerprint density at radius 3 is 2.46 bits per heavy atom. The second kappa shape index (κ2) is 3.53. The van der Waals surface area contributed by atoms with E-state index in [1.807, 2.05) is 0 Å². The Morgan fingerprint density at radius 1 is 1.38 bits per heavy atom. The molecule has 0 aliphatic heterocycles. The van der Waals surface area contributed by atoms with Crippen LogP contribution in [0.4, 0.5) is 0 Å². The summed E-state index contributed by atoms with van der Waals surface area (Å²) in [4.78, 5) is 24.4. The van der Waals surface area contributed by atoms with Crippen molar-refractivity contribution in [3.63, 3.8) is 0 Å². The van der Waals surface area contributed by atoms with Crippen LogP contribution in [0.2, 0.25) is 0 Å². The van der Waals surface area contributed by atoms with Gasteiger partial charge in [0.2, 0.25) is 0 Å². The maximum atomic E-state index is 10.6. The second-order valence-electron chi connectivity index (χ2n) is 2.14. The van der Waals surface area contributed by atoms with Crippen molar-refractivity contribution in [3.05, 3.63) is 24.8 Å². The average Bonchev–Trinajstić information content (AvgIpc) is 2.50. The minimum Gasteiger partial charge on any atom is -0.478 e. The molecule has 0 bridgehead atoms. The molecule has 0 radical (unpaired) electrons. The molecule has 68 valence electrons. The van der Waals surface area contributed by atoms with E-state index in [4.69, 9.17) is 10.2 Å². The number of rotatable bonds is 3. The van der Waals surface area contributed by atoms with Gasteiger partial charge in [0.05, 0.1) is 12.4 Å². The number of carbonyl (C=O) groups is 2. The highest BCUT2D eigenvalue weighted by molar-refractivity contribution is 6.13. The molecule has 0 saturated heterocycles. The van der Waals surface area contributed by atoms with E-state index in [1.165, 1.54) is 18.7 Å². The van der Waals surface area contributed by atoms with Crippen LogP contribution in [-0.4, -0.2) is 31.7 Å². The van der Waals surface area contributed by atoms with Gasteiger partial charge in [0.15, 0.2) is 0 Å². The predicted molar refractivity (Wildman–Crippen MR) is 41.8 cm³/mol. The van der Waals surface area contributed by atoms with Crippen LogP contribution >= 0.6 is 0 Å². The summed E-state index contributed by atoms with van der Waals surface area (Å²) in [6.45, 7) is 0. The van der Waals surface area contributed by atoms with E-state index < -0.39 is 11.9 Å². The Labute approximate surface area is 72.8 Å². The highest BCUT2D eigenvalue weighted by Gasteiger charge is 2.10. The van der Waals surface area contributed by atoms with Crippen LogP contribution in [0.15, 0.2) is 24.8 Å². The van der Waals surface area contributed by atoms with Gasteiger partial charge in [0.25, 0.3) is 0 Å². The van der Waals surface area contributed by atoms with Gasteiger partial charge in [-0.15, -0.1) is 0 Å². The van der Waals surface area contributed by atoms with Gasteiger partial charge < -0.3 is 10.2 Å². The highest BCUT2D eigenvalue weighted by Crippen LogP contribution is 2.03. The lowest BCUT2D eigenvalue weighted by molar-refractivity contribution is -0.133. The minimum absolute atomic E-state index is 0.356. The molecule has 1 heterocycles. The van der Waals surface area contributed by atoms with Gasteiger partial charge in [-0.05, 0) is 0 Å². The SMILES string of the molecule is O=C(O)/C=C(/C(=O)O)n1ccnc1. The fourth-order valence-corrected chi connectivity index (χ4v) is 0.765. The van der Waals surface area contributed by atoms with Crippen LogP contribution in [0.3, 0.4) is 0 Å². The quantitative estimate of drug-likeness (QED) is 0.636. The van der Waals surface area contributed by atoms with Crippen molar-refractivity contribution in [2.45, 2.75) is 0 Å². The van der Waals surface area contributed by atoms with E-state index in [2.05, 4.69) is 4.98 Å². The third-order valence-electron chi connectivity index (χ3n) is 1.26. The van der Waals surface area contributed by atoms with Crippen molar-refractivity contribution >= 4 is 17.6 Å². The number of carboxylic acid groups (broad SMARTS) is 2. The molecule has 13 heavy (non-hydrogen) atoms. The predicted octanol–water partition coefficient (Wildman–Crippen LogP) is -0.107. The zero-order valence-corrected chi connectivity index (χ0v) is 6.41. The first-order chi connectivity index (χ1) is 6.11. The van der Waals surface area contributed by atoms with Crippen LogP contribution in [0.5, 0.6) is 0 Å². The summed E-state index contributed by atoms with van der Waals surface area (Å²) in [6, 6.07) is 0. The lowest BCUT2D eigenvalue weighted by Gasteiger charge is -1.99. The summed E-state index contributed by atoms with van der Waals surface area (Å²) in [7, 11) is 0. The van der Waals surface area contributed by atoms with Gasteiger partial charge in [-0.1, -0.05) is 0 Å². The summed E-state index contributed by atoms with van der Waals surface area (Å²) in [5.74, 6) is -2.63. The topological polar surface area (TPSA) is 92.4 Å². The fraction of sp³-hybridized carbons (Fsp3) is 0. The number of aliphatic carboxylic acids is 2. The Balaban J connectivity index is 3.08. The summed E-state index contributed by atoms with van der Waals surface area (Å²) in [6.07, 6.45) is 4.52. The molecule has 0 spiro atoms. The lowest BCUT2D eigenvalue weighted by atomic mass is 10.4. The summed E-state index contributed by atoms with van der Waals surface area (Å²) in [5, 5.41) is 17.0. The van der Waals surface area contributed by atoms with Crippen LogP contribution in [0.25, 0.3) is 5.70 Å². The van der Waals surface area contributed by atoms with Crippen LogP contribution in [-0.2, 0) is 9.59 Å². The fourth-order valence-electron chi connectivity index (χ4n) is 0.765. The van der Waals surface area contributed by atoms with Gasteiger partial charge in [0, 0.05) is 12.4 Å². The van der Waals surface area contributed by atoms with Crippen molar-refractivity contribution in [2.75, 3.05) is 0 Å². The average molecular weight is 182 g/mol. The lowest BCUT2D eigenvalue weighted by Crippen LogP contribution is -2.08. The van der Waals surface area contributed by atoms with Crippen molar-refractivity contribution < 1.29 is 19.8 Å². The maximum Gasteiger partial charge on any atom is 0.353 e. The third-order valence-corrected chi connectivity index (χ3v) is 1.26. The maximum absolute atomic E-state index is 10.6. The molecule has 0 saturated carbocycles. The first kappa shape index (κ1) is 8.98. The molecule has 1 aromatic rings. The molecule has 0 fully saturated rings. The van der Waals surface area contributed by atoms with Gasteiger partial charge >= 0.3 is 11.9 Å². The molecule has 0 atom stereocenters. The van der Waals surface area contributed by atoms with E-state index in [0.29, 0.717) is 6.08 Å². The molecule has 6 nitrogen and oxygen atoms in total. The molecule has 0 aromatic carbocycles. The van der Waals surface area contributed by atoms with Gasteiger partial charge in [-0.2, -0.15) is 0 Å². The summed E-state index contributed by atoms with van der Waals surface area (Å²) < 4.78 is 1.11. The van der Waals surface area contributed by atoms with Crippen LogP contribution in [0, 0.1) is 0 Å². The Hall–Kier alpha value is -2.11. The number of carboxylic acids is 2. The normalized spacial score (nSPS) is 11.2. The van der Waals surface area contributed by atoms with Crippen LogP contribution < -0.4 is 0 Å². The molecule has 2 N–H and O–H groups in total. The number of imidazole rings is 1. The second-order valence-corrected chi connectivity index (χ2v) is 2.14. The van der Waals surface area contributed by atoms with Crippen LogP contribution in [0.1, 0.15) is 0 Å². The minimum atomic E-state index is -1.32. The zero-order valence-electron chi connectivity index (χ0n) is 6.41. The smallest absolute Gasteiger partial charge is 0.353 e. The van der Waals surface area contributed by atoms with Crippen molar-refractivity contribution in [2.24, 2.45) is 0 Å². The Morgan fingerprint density at radius 2 is 2.08 bits per heavy atom. The van der Waals surface area contributed by atoms with Gasteiger partial charge in [0.1, 0.15) is 5.70 Å². The summed E-state index contributed by atoms with van der Waals surface area (Å²) >= 11 is 0.